The van der Waals surface area contributed by atoms with E-state index in [1.807, 2.05) is 54.6 Å². The number of hydrogen-bond acceptors (Lipinski definition) is 0. The summed E-state index contributed by atoms with van der Waals surface area (Å²) in [7, 11) is 0. The molecule has 0 fully saturated rings. The minimum Gasteiger partial charge on any atom is -0.205 e. The lowest BCUT2D eigenvalue weighted by molar-refractivity contribution is 0.632. The molecule has 0 aromatic heterocycles. The number of unbranched alkanes of at least 4 members (excludes halogenated alkanes) is 4. The lowest BCUT2D eigenvalue weighted by Crippen LogP contribution is -1.89. The number of rotatable bonds is 9. The first-order chi connectivity index (χ1) is 18.7. The molecule has 0 amide bonds. The normalized spacial score (nSPS) is 10.4. The third-order valence-corrected chi connectivity index (χ3v) is 6.76. The number of halogens is 1. The number of aryl methyl sites for hydroxylation is 2. The van der Waals surface area contributed by atoms with E-state index in [0.717, 1.165) is 41.3 Å². The largest absolute Gasteiger partial charge is 0.205 e. The predicted molar refractivity (Wildman–Crippen MR) is 160 cm³/mol. The van der Waals surface area contributed by atoms with Crippen molar-refractivity contribution in [2.45, 2.75) is 58.3 Å². The molecule has 0 unspecified atom stereocenters. The third-order valence-electron chi connectivity index (χ3n) is 6.76. The Bertz CT molecular complexity index is 1480. The van der Waals surface area contributed by atoms with E-state index < -0.39 is 0 Å². The van der Waals surface area contributed by atoms with Crippen LogP contribution in [0.5, 0.6) is 0 Å². The maximum absolute atomic E-state index is 15.1. The molecular formula is C37H35F. The van der Waals surface area contributed by atoms with Crippen LogP contribution in [0.15, 0.2) is 91.5 Å². The van der Waals surface area contributed by atoms with Crippen LogP contribution in [0.25, 0.3) is 10.8 Å². The molecule has 0 aliphatic heterocycles. The summed E-state index contributed by atoms with van der Waals surface area (Å²) >= 11 is 0. The van der Waals surface area contributed by atoms with Crippen LogP contribution < -0.4 is 0 Å². The van der Waals surface area contributed by atoms with Crippen LogP contribution in [0.4, 0.5) is 4.39 Å². The zero-order valence-electron chi connectivity index (χ0n) is 22.3. The molecule has 0 saturated heterocycles. The smallest absolute Gasteiger partial charge is 0.146 e. The molecule has 0 nitrogen and oxygen atoms in total. The Morgan fingerprint density at radius 2 is 1.26 bits per heavy atom. The molecule has 0 heterocycles. The summed E-state index contributed by atoms with van der Waals surface area (Å²) in [4.78, 5) is 0. The third kappa shape index (κ3) is 7.71. The topological polar surface area (TPSA) is 0 Å². The van der Waals surface area contributed by atoms with Crippen molar-refractivity contribution in [3.8, 4) is 23.7 Å². The highest BCUT2D eigenvalue weighted by Crippen LogP contribution is 2.23. The predicted octanol–water partition coefficient (Wildman–Crippen LogP) is 9.41. The van der Waals surface area contributed by atoms with Gasteiger partial charge >= 0.3 is 0 Å². The first-order valence-corrected chi connectivity index (χ1v) is 13.7. The molecule has 0 aliphatic rings. The van der Waals surface area contributed by atoms with Gasteiger partial charge in [0.05, 0.1) is 5.56 Å². The van der Waals surface area contributed by atoms with Gasteiger partial charge in [0, 0.05) is 22.1 Å². The zero-order chi connectivity index (χ0) is 26.6. The molecule has 4 aromatic rings. The number of hydrogen-bond donors (Lipinski definition) is 0. The lowest BCUT2D eigenvalue weighted by atomic mass is 10.0. The van der Waals surface area contributed by atoms with Crippen molar-refractivity contribution in [3.05, 3.63) is 131 Å². The molecule has 1 heteroatoms. The summed E-state index contributed by atoms with van der Waals surface area (Å²) in [6.45, 7) is 6.02. The molecule has 0 N–H and O–H groups in total. The molecule has 38 heavy (non-hydrogen) atoms. The number of fused-ring (bicyclic) bond motifs is 1. The summed E-state index contributed by atoms with van der Waals surface area (Å²) < 4.78 is 15.1. The minimum absolute atomic E-state index is 0.268. The molecule has 0 spiro atoms. The van der Waals surface area contributed by atoms with Crippen molar-refractivity contribution in [1.82, 2.24) is 0 Å². The van der Waals surface area contributed by atoms with Gasteiger partial charge in [-0.2, -0.15) is 0 Å². The molecule has 190 valence electrons. The Kier molecular flexibility index (Phi) is 9.96. The fraction of sp³-hybridized carbons (Fsp3) is 0.243. The molecule has 4 rings (SSSR count). The lowest BCUT2D eigenvalue weighted by Gasteiger charge is -2.05. The van der Waals surface area contributed by atoms with Gasteiger partial charge in [-0.25, -0.2) is 4.39 Å². The van der Waals surface area contributed by atoms with Gasteiger partial charge < -0.3 is 0 Å². The maximum Gasteiger partial charge on any atom is 0.146 e. The summed E-state index contributed by atoms with van der Waals surface area (Å²) in [5.74, 6) is 12.3. The molecular weight excluding hydrogens is 463 g/mol. The molecule has 0 atom stereocenters. The first-order valence-electron chi connectivity index (χ1n) is 13.7. The Morgan fingerprint density at radius 3 is 1.92 bits per heavy atom. The van der Waals surface area contributed by atoms with E-state index in [0.29, 0.717) is 10.9 Å². The fourth-order valence-electron chi connectivity index (χ4n) is 4.47. The highest BCUT2D eigenvalue weighted by atomic mass is 19.1. The second kappa shape index (κ2) is 14.0. The van der Waals surface area contributed by atoms with Crippen LogP contribution in [0.3, 0.4) is 0 Å². The minimum atomic E-state index is -0.268. The van der Waals surface area contributed by atoms with E-state index in [4.69, 9.17) is 0 Å². The molecule has 0 aliphatic carbocycles. The van der Waals surface area contributed by atoms with Crippen molar-refractivity contribution in [2.75, 3.05) is 0 Å². The highest BCUT2D eigenvalue weighted by Gasteiger charge is 2.06. The summed E-state index contributed by atoms with van der Waals surface area (Å²) in [5.41, 5.74) is 5.75. The van der Waals surface area contributed by atoms with E-state index in [1.165, 1.54) is 43.2 Å². The van der Waals surface area contributed by atoms with Gasteiger partial charge in [-0.1, -0.05) is 98.8 Å². The number of allylic oxidation sites excluding steroid dienone is 1. The Morgan fingerprint density at radius 1 is 0.658 bits per heavy atom. The van der Waals surface area contributed by atoms with Crippen molar-refractivity contribution < 1.29 is 4.39 Å². The maximum atomic E-state index is 15.1. The van der Waals surface area contributed by atoms with Gasteiger partial charge in [0.1, 0.15) is 5.82 Å². The molecule has 4 aromatic carbocycles. The Hall–Kier alpha value is -4.07. The van der Waals surface area contributed by atoms with Crippen LogP contribution in [-0.2, 0) is 12.8 Å². The van der Waals surface area contributed by atoms with Crippen LogP contribution in [0.2, 0.25) is 0 Å². The first kappa shape index (κ1) is 27.0. The van der Waals surface area contributed by atoms with E-state index >= 15 is 4.39 Å². The van der Waals surface area contributed by atoms with Crippen LogP contribution in [-0.4, -0.2) is 0 Å². The Labute approximate surface area is 227 Å². The number of benzene rings is 4. The van der Waals surface area contributed by atoms with Gasteiger partial charge in [0.25, 0.3) is 0 Å². The average molecular weight is 499 g/mol. The monoisotopic (exact) mass is 498 g/mol. The van der Waals surface area contributed by atoms with E-state index in [1.54, 1.807) is 6.07 Å². The Balaban J connectivity index is 1.37. The molecule has 0 radical (unpaired) electrons. The zero-order valence-corrected chi connectivity index (χ0v) is 22.3. The van der Waals surface area contributed by atoms with Crippen molar-refractivity contribution in [3.63, 3.8) is 0 Å². The van der Waals surface area contributed by atoms with Crippen LogP contribution in [0, 0.1) is 29.5 Å². The van der Waals surface area contributed by atoms with Crippen molar-refractivity contribution in [2.24, 2.45) is 0 Å². The quantitative estimate of drug-likeness (QED) is 0.122. The molecule has 0 bridgehead atoms. The SMILES string of the molecule is C=CCCc1ccc2c(F)c(C#Cc3ccc(C#Cc4ccc(CCCCCCC)cc4)cc3)ccc2c1. The second-order valence-electron chi connectivity index (χ2n) is 9.75. The van der Waals surface area contributed by atoms with Gasteiger partial charge in [-0.15, -0.1) is 6.58 Å². The van der Waals surface area contributed by atoms with Gasteiger partial charge in [-0.3, -0.25) is 0 Å². The van der Waals surface area contributed by atoms with Gasteiger partial charge in [0.15, 0.2) is 0 Å². The molecule has 0 saturated carbocycles. The van der Waals surface area contributed by atoms with Crippen molar-refractivity contribution >= 4 is 10.8 Å². The van der Waals surface area contributed by atoms with E-state index in [9.17, 15) is 0 Å². The van der Waals surface area contributed by atoms with E-state index in [2.05, 4.69) is 61.4 Å². The summed E-state index contributed by atoms with van der Waals surface area (Å²) in [6, 6.07) is 26.0. The fourth-order valence-corrected chi connectivity index (χ4v) is 4.47. The van der Waals surface area contributed by atoms with E-state index in [-0.39, 0.29) is 5.82 Å². The summed E-state index contributed by atoms with van der Waals surface area (Å²) in [5, 5.41) is 1.50. The summed E-state index contributed by atoms with van der Waals surface area (Å²) in [6.07, 6.45) is 11.4. The average Bonchev–Trinajstić information content (AvgIpc) is 2.95. The van der Waals surface area contributed by atoms with Gasteiger partial charge in [-0.05, 0) is 84.7 Å². The highest BCUT2D eigenvalue weighted by molar-refractivity contribution is 5.85. The van der Waals surface area contributed by atoms with Crippen LogP contribution in [0.1, 0.15) is 78.8 Å². The van der Waals surface area contributed by atoms with Crippen LogP contribution >= 0.6 is 0 Å². The second-order valence-corrected chi connectivity index (χ2v) is 9.75. The standard InChI is InChI=1S/C37H35F/c1-3-5-7-8-9-11-29-12-14-30(15-13-29)16-17-31-18-20-32(21-19-31)22-24-34-25-26-35-28-33(10-6-4-2)23-27-36(35)37(34)38/h4,12-15,18-21,23,25-28H,2-3,5-11H2,1H3. The van der Waals surface area contributed by atoms with Gasteiger partial charge in [0.2, 0.25) is 0 Å². The van der Waals surface area contributed by atoms with Crippen molar-refractivity contribution in [1.29, 1.82) is 0 Å².